The Morgan fingerprint density at radius 3 is 1.92 bits per heavy atom. The van der Waals surface area contributed by atoms with Crippen LogP contribution in [0, 0.1) is 5.92 Å². The van der Waals surface area contributed by atoms with Gasteiger partial charge in [0.15, 0.2) is 0 Å². The molecule has 0 aliphatic heterocycles. The number of carboxylic acids is 1. The topological polar surface area (TPSA) is 83.6 Å². The highest BCUT2D eigenvalue weighted by Gasteiger charge is 2.11. The van der Waals surface area contributed by atoms with Gasteiger partial charge in [-0.05, 0) is 19.3 Å². The van der Waals surface area contributed by atoms with Crippen molar-refractivity contribution < 1.29 is 15.0 Å². The van der Waals surface area contributed by atoms with Gasteiger partial charge >= 0.3 is 5.97 Å². The van der Waals surface area contributed by atoms with E-state index in [4.69, 9.17) is 15.9 Å². The fourth-order valence-electron chi connectivity index (χ4n) is 0.609. The maximum atomic E-state index is 10.1. The van der Waals surface area contributed by atoms with Gasteiger partial charge in [0, 0.05) is 6.61 Å². The zero-order valence-electron chi connectivity index (χ0n) is 7.95. The normalized spacial score (nSPS) is 11.8. The summed E-state index contributed by atoms with van der Waals surface area (Å²) in [5.41, 5.74) is 5.22. The van der Waals surface area contributed by atoms with Crippen LogP contribution in [0.25, 0.3) is 0 Å². The fraction of sp³-hybridized carbons (Fsp3) is 0.875. The van der Waals surface area contributed by atoms with E-state index in [2.05, 4.69) is 0 Å². The second-order valence-electron chi connectivity index (χ2n) is 2.89. The molecule has 1 atom stereocenters. The van der Waals surface area contributed by atoms with Crippen molar-refractivity contribution in [3.05, 3.63) is 0 Å². The summed E-state index contributed by atoms with van der Waals surface area (Å²) in [5.74, 6) is -0.556. The standard InChI is InChI=1S/C6H13NO2.C2H6O/c1-4(2)3-5(7)6(8)9;1-2-3/h4-5H,3,7H2,1-2H3,(H,8,9);3H,2H2,1H3/t5-;/m0./s1. The van der Waals surface area contributed by atoms with E-state index in [-0.39, 0.29) is 6.61 Å². The second kappa shape index (κ2) is 8.49. The van der Waals surface area contributed by atoms with Crippen molar-refractivity contribution in [1.29, 1.82) is 0 Å². The lowest BCUT2D eigenvalue weighted by Gasteiger charge is -2.07. The highest BCUT2D eigenvalue weighted by atomic mass is 16.4. The molecule has 74 valence electrons. The van der Waals surface area contributed by atoms with Crippen molar-refractivity contribution in [2.75, 3.05) is 6.61 Å². The summed E-state index contributed by atoms with van der Waals surface area (Å²) in [5, 5.41) is 15.9. The number of carbonyl (C=O) groups is 1. The van der Waals surface area contributed by atoms with Gasteiger partial charge in [0.2, 0.25) is 0 Å². The van der Waals surface area contributed by atoms with E-state index >= 15 is 0 Å². The maximum absolute atomic E-state index is 10.1. The Morgan fingerprint density at radius 2 is 1.83 bits per heavy atom. The molecule has 0 unspecified atom stereocenters. The van der Waals surface area contributed by atoms with Crippen LogP contribution in [0.5, 0.6) is 0 Å². The number of nitrogens with two attached hydrogens (primary N) is 1. The minimum atomic E-state index is -0.913. The number of aliphatic carboxylic acids is 1. The number of hydrogen-bond donors (Lipinski definition) is 3. The molecule has 0 aromatic rings. The van der Waals surface area contributed by atoms with Gasteiger partial charge in [0.1, 0.15) is 6.04 Å². The van der Waals surface area contributed by atoms with Crippen LogP contribution in [0.15, 0.2) is 0 Å². The molecule has 0 aromatic carbocycles. The molecular formula is C8H19NO3. The van der Waals surface area contributed by atoms with Crippen molar-refractivity contribution in [3.63, 3.8) is 0 Å². The van der Waals surface area contributed by atoms with Crippen LogP contribution >= 0.6 is 0 Å². The average molecular weight is 177 g/mol. The third kappa shape index (κ3) is 12.1. The first kappa shape index (κ1) is 13.9. The number of carboxylic acid groups (broad SMARTS) is 1. The SMILES string of the molecule is CC(C)C[C@H](N)C(=O)O.CCO. The molecule has 0 amide bonds. The molecule has 0 aliphatic rings. The summed E-state index contributed by atoms with van der Waals surface area (Å²) in [6.07, 6.45) is 0.551. The first-order valence-electron chi connectivity index (χ1n) is 4.04. The van der Waals surface area contributed by atoms with Crippen molar-refractivity contribution in [2.24, 2.45) is 11.7 Å². The average Bonchev–Trinajstić information content (AvgIpc) is 1.87. The van der Waals surface area contributed by atoms with E-state index in [0.717, 1.165) is 0 Å². The van der Waals surface area contributed by atoms with E-state index in [1.165, 1.54) is 0 Å². The first-order valence-corrected chi connectivity index (χ1v) is 4.04. The lowest BCUT2D eigenvalue weighted by Crippen LogP contribution is -2.31. The van der Waals surface area contributed by atoms with Crippen molar-refractivity contribution in [2.45, 2.75) is 33.2 Å². The Labute approximate surface area is 73.4 Å². The molecule has 0 aliphatic carbocycles. The molecule has 0 saturated heterocycles. The van der Waals surface area contributed by atoms with Crippen LogP contribution in [-0.4, -0.2) is 28.8 Å². The third-order valence-corrected chi connectivity index (χ3v) is 1.04. The Balaban J connectivity index is 0. The lowest BCUT2D eigenvalue weighted by atomic mass is 10.1. The predicted molar refractivity (Wildman–Crippen MR) is 47.8 cm³/mol. The zero-order chi connectivity index (χ0) is 10.1. The van der Waals surface area contributed by atoms with Crippen LogP contribution in [0.2, 0.25) is 0 Å². The minimum Gasteiger partial charge on any atom is -0.480 e. The Hall–Kier alpha value is -0.610. The Kier molecular flexibility index (Phi) is 9.86. The van der Waals surface area contributed by atoms with Gasteiger partial charge in [-0.1, -0.05) is 13.8 Å². The summed E-state index contributed by atoms with van der Waals surface area (Å²) in [6.45, 7) is 5.82. The summed E-state index contributed by atoms with van der Waals surface area (Å²) >= 11 is 0. The van der Waals surface area contributed by atoms with Gasteiger partial charge in [-0.2, -0.15) is 0 Å². The minimum absolute atomic E-state index is 0.250. The van der Waals surface area contributed by atoms with E-state index in [1.54, 1.807) is 6.92 Å². The summed E-state index contributed by atoms with van der Waals surface area (Å²) in [6, 6.07) is -0.690. The van der Waals surface area contributed by atoms with Gasteiger partial charge < -0.3 is 15.9 Å². The number of aliphatic hydroxyl groups excluding tert-OH is 1. The van der Waals surface area contributed by atoms with Crippen LogP contribution in [0.1, 0.15) is 27.2 Å². The molecule has 4 heteroatoms. The largest absolute Gasteiger partial charge is 0.480 e. The molecule has 4 N–H and O–H groups in total. The molecule has 0 bridgehead atoms. The predicted octanol–water partition coefficient (Wildman–Crippen LogP) is 0.443. The molecule has 4 nitrogen and oxygen atoms in total. The van der Waals surface area contributed by atoms with Crippen molar-refractivity contribution in [3.8, 4) is 0 Å². The van der Waals surface area contributed by atoms with Gasteiger partial charge in [-0.15, -0.1) is 0 Å². The maximum Gasteiger partial charge on any atom is 0.320 e. The lowest BCUT2D eigenvalue weighted by molar-refractivity contribution is -0.138. The van der Waals surface area contributed by atoms with Crippen molar-refractivity contribution in [1.82, 2.24) is 0 Å². The van der Waals surface area contributed by atoms with Crippen molar-refractivity contribution >= 4 is 5.97 Å². The summed E-state index contributed by atoms with van der Waals surface area (Å²) in [7, 11) is 0. The monoisotopic (exact) mass is 177 g/mol. The van der Waals surface area contributed by atoms with Crippen LogP contribution in [0.4, 0.5) is 0 Å². The van der Waals surface area contributed by atoms with E-state index < -0.39 is 12.0 Å². The highest BCUT2D eigenvalue weighted by molar-refractivity contribution is 5.72. The first-order chi connectivity index (χ1) is 5.45. The number of hydrogen-bond acceptors (Lipinski definition) is 3. The molecule has 0 rings (SSSR count). The van der Waals surface area contributed by atoms with Gasteiger partial charge in [-0.3, -0.25) is 4.79 Å². The Bertz CT molecular complexity index is 115. The summed E-state index contributed by atoms with van der Waals surface area (Å²) < 4.78 is 0. The molecular weight excluding hydrogens is 158 g/mol. The van der Waals surface area contributed by atoms with Crippen LogP contribution in [0.3, 0.4) is 0 Å². The molecule has 0 saturated carbocycles. The highest BCUT2D eigenvalue weighted by Crippen LogP contribution is 2.01. The molecule has 0 spiro atoms. The molecule has 0 radical (unpaired) electrons. The van der Waals surface area contributed by atoms with Gasteiger partial charge in [-0.25, -0.2) is 0 Å². The number of aliphatic hydroxyl groups is 1. The van der Waals surface area contributed by atoms with Crippen LogP contribution < -0.4 is 5.73 Å². The molecule has 12 heavy (non-hydrogen) atoms. The van der Waals surface area contributed by atoms with E-state index in [9.17, 15) is 4.79 Å². The Morgan fingerprint density at radius 1 is 1.50 bits per heavy atom. The fourth-order valence-corrected chi connectivity index (χ4v) is 0.609. The molecule has 0 aromatic heterocycles. The summed E-state index contributed by atoms with van der Waals surface area (Å²) in [4.78, 5) is 10.1. The van der Waals surface area contributed by atoms with Gasteiger partial charge in [0.05, 0.1) is 0 Å². The van der Waals surface area contributed by atoms with E-state index in [0.29, 0.717) is 12.3 Å². The smallest absolute Gasteiger partial charge is 0.320 e. The van der Waals surface area contributed by atoms with Crippen LogP contribution in [-0.2, 0) is 4.79 Å². The molecule has 0 fully saturated rings. The zero-order valence-corrected chi connectivity index (χ0v) is 7.95. The second-order valence-corrected chi connectivity index (χ2v) is 2.89. The quantitative estimate of drug-likeness (QED) is 0.584. The number of rotatable bonds is 3. The third-order valence-electron chi connectivity index (χ3n) is 1.04. The van der Waals surface area contributed by atoms with E-state index in [1.807, 2.05) is 13.8 Å². The molecule has 0 heterocycles. The van der Waals surface area contributed by atoms with Gasteiger partial charge in [0.25, 0.3) is 0 Å².